The molecule has 18 heavy (non-hydrogen) atoms. The number of hydrogen-bond acceptors (Lipinski definition) is 4. The quantitative estimate of drug-likeness (QED) is 0.884. The summed E-state index contributed by atoms with van der Waals surface area (Å²) in [5, 5.41) is 3.32. The first-order chi connectivity index (χ1) is 8.76. The standard InChI is InChI=1S/C14H21NO3/c1-10-8-11(16-3)4-5-12(10)14(15-2)13-9-17-6-7-18-13/h4-5,8,13-15H,6-7,9H2,1-3H3. The lowest BCUT2D eigenvalue weighted by atomic mass is 9.96. The molecular formula is C14H21NO3. The van der Waals surface area contributed by atoms with E-state index in [0.717, 1.165) is 5.75 Å². The van der Waals surface area contributed by atoms with Crippen molar-refractivity contribution in [2.75, 3.05) is 34.0 Å². The minimum Gasteiger partial charge on any atom is -0.497 e. The van der Waals surface area contributed by atoms with Gasteiger partial charge in [-0.2, -0.15) is 0 Å². The molecule has 0 aliphatic carbocycles. The second-order valence-electron chi connectivity index (χ2n) is 4.47. The van der Waals surface area contributed by atoms with Gasteiger partial charge in [0, 0.05) is 0 Å². The Morgan fingerprint density at radius 1 is 1.39 bits per heavy atom. The summed E-state index contributed by atoms with van der Waals surface area (Å²) in [6.45, 7) is 4.08. The zero-order valence-electron chi connectivity index (χ0n) is 11.2. The fourth-order valence-electron chi connectivity index (χ4n) is 2.36. The van der Waals surface area contributed by atoms with Crippen molar-refractivity contribution in [3.05, 3.63) is 29.3 Å². The van der Waals surface area contributed by atoms with E-state index in [1.165, 1.54) is 11.1 Å². The third kappa shape index (κ3) is 2.83. The Hall–Kier alpha value is -1.10. The Morgan fingerprint density at radius 2 is 2.22 bits per heavy atom. The van der Waals surface area contributed by atoms with Crippen LogP contribution in [0.4, 0.5) is 0 Å². The summed E-state index contributed by atoms with van der Waals surface area (Å²) >= 11 is 0. The van der Waals surface area contributed by atoms with Crippen molar-refractivity contribution in [3.63, 3.8) is 0 Å². The van der Waals surface area contributed by atoms with Gasteiger partial charge in [0.15, 0.2) is 0 Å². The smallest absolute Gasteiger partial charge is 0.119 e. The first kappa shape index (κ1) is 13.3. The molecule has 1 saturated heterocycles. The number of rotatable bonds is 4. The van der Waals surface area contributed by atoms with Gasteiger partial charge >= 0.3 is 0 Å². The van der Waals surface area contributed by atoms with Crippen molar-refractivity contribution in [1.29, 1.82) is 0 Å². The van der Waals surface area contributed by atoms with Crippen LogP contribution in [-0.2, 0) is 9.47 Å². The molecule has 1 aliphatic heterocycles. The normalized spacial score (nSPS) is 21.6. The van der Waals surface area contributed by atoms with Gasteiger partial charge in [0.25, 0.3) is 0 Å². The third-order valence-electron chi connectivity index (χ3n) is 3.34. The molecular weight excluding hydrogens is 230 g/mol. The van der Waals surface area contributed by atoms with Crippen LogP contribution in [0.2, 0.25) is 0 Å². The Bertz CT molecular complexity index is 389. The first-order valence-electron chi connectivity index (χ1n) is 6.27. The van der Waals surface area contributed by atoms with E-state index in [9.17, 15) is 0 Å². The number of ether oxygens (including phenoxy) is 3. The maximum atomic E-state index is 5.78. The van der Waals surface area contributed by atoms with E-state index in [4.69, 9.17) is 14.2 Å². The molecule has 2 unspecified atom stereocenters. The van der Waals surface area contributed by atoms with Gasteiger partial charge in [-0.15, -0.1) is 0 Å². The molecule has 4 nitrogen and oxygen atoms in total. The van der Waals surface area contributed by atoms with Crippen LogP contribution in [0.15, 0.2) is 18.2 Å². The fraction of sp³-hybridized carbons (Fsp3) is 0.571. The number of nitrogens with one attached hydrogen (secondary N) is 1. The largest absolute Gasteiger partial charge is 0.497 e. The average Bonchev–Trinajstić information content (AvgIpc) is 2.42. The number of hydrogen-bond donors (Lipinski definition) is 1. The Labute approximate surface area is 108 Å². The molecule has 100 valence electrons. The molecule has 1 heterocycles. The van der Waals surface area contributed by atoms with E-state index in [2.05, 4.69) is 18.3 Å². The molecule has 1 aromatic carbocycles. The first-order valence-corrected chi connectivity index (χ1v) is 6.27. The molecule has 0 spiro atoms. The van der Waals surface area contributed by atoms with E-state index < -0.39 is 0 Å². The zero-order chi connectivity index (χ0) is 13.0. The molecule has 0 bridgehead atoms. The van der Waals surface area contributed by atoms with Crippen molar-refractivity contribution < 1.29 is 14.2 Å². The van der Waals surface area contributed by atoms with Gasteiger partial charge in [0.1, 0.15) is 11.9 Å². The second-order valence-corrected chi connectivity index (χ2v) is 4.47. The van der Waals surface area contributed by atoms with Gasteiger partial charge in [-0.3, -0.25) is 0 Å². The molecule has 1 N–H and O–H groups in total. The van der Waals surface area contributed by atoms with Gasteiger partial charge in [0.2, 0.25) is 0 Å². The lowest BCUT2D eigenvalue weighted by Crippen LogP contribution is -2.39. The average molecular weight is 251 g/mol. The number of likely N-dealkylation sites (N-methyl/N-ethyl adjacent to an activating group) is 1. The highest BCUT2D eigenvalue weighted by Crippen LogP contribution is 2.26. The highest BCUT2D eigenvalue weighted by Gasteiger charge is 2.26. The fourth-order valence-corrected chi connectivity index (χ4v) is 2.36. The summed E-state index contributed by atoms with van der Waals surface area (Å²) in [5.41, 5.74) is 2.43. The lowest BCUT2D eigenvalue weighted by molar-refractivity contribution is -0.101. The highest BCUT2D eigenvalue weighted by molar-refractivity contribution is 5.37. The minimum atomic E-state index is 0.0656. The van der Waals surface area contributed by atoms with Gasteiger partial charge in [-0.25, -0.2) is 0 Å². The molecule has 1 fully saturated rings. The topological polar surface area (TPSA) is 39.7 Å². The number of aryl methyl sites for hydroxylation is 1. The van der Waals surface area contributed by atoms with E-state index in [1.807, 2.05) is 19.2 Å². The van der Waals surface area contributed by atoms with Crippen LogP contribution in [0.3, 0.4) is 0 Å². The zero-order valence-corrected chi connectivity index (χ0v) is 11.2. The molecule has 0 saturated carbocycles. The van der Waals surface area contributed by atoms with Crippen molar-refractivity contribution in [2.45, 2.75) is 19.1 Å². The third-order valence-corrected chi connectivity index (χ3v) is 3.34. The summed E-state index contributed by atoms with van der Waals surface area (Å²) in [7, 11) is 3.63. The minimum absolute atomic E-state index is 0.0656. The van der Waals surface area contributed by atoms with Crippen molar-refractivity contribution in [1.82, 2.24) is 5.32 Å². The molecule has 2 rings (SSSR count). The van der Waals surface area contributed by atoms with Crippen LogP contribution in [0.5, 0.6) is 5.75 Å². The van der Waals surface area contributed by atoms with E-state index in [1.54, 1.807) is 7.11 Å². The van der Waals surface area contributed by atoms with Gasteiger partial charge in [-0.05, 0) is 37.2 Å². The summed E-state index contributed by atoms with van der Waals surface area (Å²) < 4.78 is 16.5. The molecule has 1 aliphatic rings. The van der Waals surface area contributed by atoms with Gasteiger partial charge in [-0.1, -0.05) is 6.07 Å². The van der Waals surface area contributed by atoms with Crippen LogP contribution in [0, 0.1) is 6.92 Å². The molecule has 0 amide bonds. The van der Waals surface area contributed by atoms with E-state index >= 15 is 0 Å². The van der Waals surface area contributed by atoms with Crippen LogP contribution < -0.4 is 10.1 Å². The second kappa shape index (κ2) is 6.18. The highest BCUT2D eigenvalue weighted by atomic mass is 16.6. The van der Waals surface area contributed by atoms with Gasteiger partial charge in [0.05, 0.1) is 33.0 Å². The summed E-state index contributed by atoms with van der Waals surface area (Å²) in [6, 6.07) is 6.27. The van der Waals surface area contributed by atoms with Crippen molar-refractivity contribution in [2.24, 2.45) is 0 Å². The molecule has 2 atom stereocenters. The molecule has 1 aromatic rings. The maximum absolute atomic E-state index is 5.78. The molecule has 4 heteroatoms. The Balaban J connectivity index is 2.20. The Kier molecular flexibility index (Phi) is 4.58. The lowest BCUT2D eigenvalue weighted by Gasteiger charge is -2.31. The SMILES string of the molecule is CNC(c1ccc(OC)cc1C)C1COCCO1. The van der Waals surface area contributed by atoms with Crippen molar-refractivity contribution >= 4 is 0 Å². The van der Waals surface area contributed by atoms with Crippen molar-refractivity contribution in [3.8, 4) is 5.75 Å². The molecule has 0 radical (unpaired) electrons. The molecule has 0 aromatic heterocycles. The van der Waals surface area contributed by atoms with Crippen LogP contribution in [0.25, 0.3) is 0 Å². The predicted molar refractivity (Wildman–Crippen MR) is 70.1 cm³/mol. The van der Waals surface area contributed by atoms with E-state index in [-0.39, 0.29) is 12.1 Å². The summed E-state index contributed by atoms with van der Waals surface area (Å²) in [5.74, 6) is 0.881. The maximum Gasteiger partial charge on any atom is 0.119 e. The van der Waals surface area contributed by atoms with Gasteiger partial charge < -0.3 is 19.5 Å². The van der Waals surface area contributed by atoms with Crippen LogP contribution in [0.1, 0.15) is 17.2 Å². The van der Waals surface area contributed by atoms with E-state index in [0.29, 0.717) is 19.8 Å². The van der Waals surface area contributed by atoms with Crippen LogP contribution in [-0.4, -0.2) is 40.1 Å². The number of benzene rings is 1. The summed E-state index contributed by atoms with van der Waals surface area (Å²) in [6.07, 6.45) is 0.0656. The number of methoxy groups -OCH3 is 1. The monoisotopic (exact) mass is 251 g/mol. The summed E-state index contributed by atoms with van der Waals surface area (Å²) in [4.78, 5) is 0. The van der Waals surface area contributed by atoms with Crippen LogP contribution >= 0.6 is 0 Å². The predicted octanol–water partition coefficient (Wildman–Crippen LogP) is 1.68. The Morgan fingerprint density at radius 3 is 2.78 bits per heavy atom.